The first-order chi connectivity index (χ1) is 5.65. The second-order valence-corrected chi connectivity index (χ2v) is 2.72. The van der Waals surface area contributed by atoms with E-state index in [2.05, 4.69) is 5.32 Å². The van der Waals surface area contributed by atoms with Gasteiger partial charge in [0.2, 0.25) is 0 Å². The van der Waals surface area contributed by atoms with Gasteiger partial charge in [0.25, 0.3) is 0 Å². The molecule has 0 aliphatic heterocycles. The zero-order chi connectivity index (χ0) is 9.14. The highest BCUT2D eigenvalue weighted by Gasteiger charge is 2.05. The lowest BCUT2D eigenvalue weighted by Gasteiger charge is -2.10. The largest absolute Gasteiger partial charge is 0.505 e. The molecule has 0 saturated heterocycles. The summed E-state index contributed by atoms with van der Waals surface area (Å²) >= 11 is 0. The van der Waals surface area contributed by atoms with E-state index in [1.807, 2.05) is 14.0 Å². The number of hydrogen-bond donors (Lipinski definition) is 2. The standard InChI is InChI=1S/C9H12FNO/c1-6(11-2)7-3-4-8(10)9(12)5-7/h3-6,11-12H,1-2H3/t6-/m1/s1. The number of benzene rings is 1. The molecule has 1 rings (SSSR count). The molecular formula is C9H12FNO. The van der Waals surface area contributed by atoms with Crippen LogP contribution in [-0.2, 0) is 0 Å². The maximum atomic E-state index is 12.6. The van der Waals surface area contributed by atoms with Crippen LogP contribution in [0.1, 0.15) is 18.5 Å². The monoisotopic (exact) mass is 169 g/mol. The van der Waals surface area contributed by atoms with Crippen LogP contribution < -0.4 is 5.32 Å². The third-order valence-corrected chi connectivity index (χ3v) is 1.90. The summed E-state index contributed by atoms with van der Waals surface area (Å²) in [6.07, 6.45) is 0. The first-order valence-electron chi connectivity index (χ1n) is 3.81. The zero-order valence-corrected chi connectivity index (χ0v) is 7.13. The predicted octanol–water partition coefficient (Wildman–Crippen LogP) is 1.81. The number of aromatic hydroxyl groups is 1. The third kappa shape index (κ3) is 1.74. The topological polar surface area (TPSA) is 32.3 Å². The molecule has 1 aromatic carbocycles. The van der Waals surface area contributed by atoms with Crippen LogP contribution in [0.5, 0.6) is 5.75 Å². The van der Waals surface area contributed by atoms with Crippen LogP contribution in [0.4, 0.5) is 4.39 Å². The maximum absolute atomic E-state index is 12.6. The normalized spacial score (nSPS) is 12.9. The predicted molar refractivity (Wildman–Crippen MR) is 45.5 cm³/mol. The summed E-state index contributed by atoms with van der Waals surface area (Å²) in [4.78, 5) is 0. The molecular weight excluding hydrogens is 157 g/mol. The summed E-state index contributed by atoms with van der Waals surface area (Å²) in [7, 11) is 1.81. The van der Waals surface area contributed by atoms with Crippen LogP contribution in [0.3, 0.4) is 0 Å². The molecule has 66 valence electrons. The second kappa shape index (κ2) is 3.54. The molecule has 0 aromatic heterocycles. The summed E-state index contributed by atoms with van der Waals surface area (Å²) in [5, 5.41) is 12.0. The van der Waals surface area contributed by atoms with E-state index >= 15 is 0 Å². The lowest BCUT2D eigenvalue weighted by atomic mass is 10.1. The van der Waals surface area contributed by atoms with E-state index in [1.165, 1.54) is 12.1 Å². The van der Waals surface area contributed by atoms with Gasteiger partial charge in [0, 0.05) is 6.04 Å². The van der Waals surface area contributed by atoms with Crippen molar-refractivity contribution in [2.75, 3.05) is 7.05 Å². The molecule has 0 spiro atoms. The lowest BCUT2D eigenvalue weighted by Crippen LogP contribution is -2.12. The minimum absolute atomic E-state index is 0.122. The average Bonchev–Trinajstić information content (AvgIpc) is 2.08. The number of hydrogen-bond acceptors (Lipinski definition) is 2. The maximum Gasteiger partial charge on any atom is 0.164 e. The molecule has 0 heterocycles. The van der Waals surface area contributed by atoms with E-state index in [4.69, 9.17) is 5.11 Å². The highest BCUT2D eigenvalue weighted by Crippen LogP contribution is 2.20. The Labute approximate surface area is 71.0 Å². The molecule has 0 amide bonds. The van der Waals surface area contributed by atoms with E-state index in [9.17, 15) is 4.39 Å². The SMILES string of the molecule is CN[C@H](C)c1ccc(F)c(O)c1. The van der Waals surface area contributed by atoms with E-state index in [-0.39, 0.29) is 11.8 Å². The van der Waals surface area contributed by atoms with Crippen molar-refractivity contribution in [1.82, 2.24) is 5.32 Å². The summed E-state index contributed by atoms with van der Waals surface area (Å²) in [5.74, 6) is -0.878. The summed E-state index contributed by atoms with van der Waals surface area (Å²) in [6.45, 7) is 1.94. The van der Waals surface area contributed by atoms with Gasteiger partial charge in [0.05, 0.1) is 0 Å². The molecule has 0 fully saturated rings. The van der Waals surface area contributed by atoms with Crippen LogP contribution >= 0.6 is 0 Å². The molecule has 12 heavy (non-hydrogen) atoms. The Bertz CT molecular complexity index is 275. The van der Waals surface area contributed by atoms with Gasteiger partial charge in [-0.05, 0) is 31.7 Å². The van der Waals surface area contributed by atoms with Crippen LogP contribution in [0.2, 0.25) is 0 Å². The van der Waals surface area contributed by atoms with Gasteiger partial charge in [0.1, 0.15) is 0 Å². The van der Waals surface area contributed by atoms with Crippen molar-refractivity contribution in [1.29, 1.82) is 0 Å². The Balaban J connectivity index is 2.96. The van der Waals surface area contributed by atoms with Crippen molar-refractivity contribution in [2.45, 2.75) is 13.0 Å². The number of nitrogens with one attached hydrogen (secondary N) is 1. The van der Waals surface area contributed by atoms with Gasteiger partial charge in [-0.2, -0.15) is 0 Å². The average molecular weight is 169 g/mol. The molecule has 0 bridgehead atoms. The Kier molecular flexibility index (Phi) is 2.65. The molecule has 1 aromatic rings. The fourth-order valence-electron chi connectivity index (χ4n) is 0.966. The van der Waals surface area contributed by atoms with Crippen molar-refractivity contribution in [3.8, 4) is 5.75 Å². The fraction of sp³-hybridized carbons (Fsp3) is 0.333. The van der Waals surface area contributed by atoms with E-state index in [0.29, 0.717) is 0 Å². The summed E-state index contributed by atoms with van der Waals surface area (Å²) < 4.78 is 12.6. The lowest BCUT2D eigenvalue weighted by molar-refractivity contribution is 0.430. The van der Waals surface area contributed by atoms with Gasteiger partial charge in [-0.25, -0.2) is 4.39 Å². The quantitative estimate of drug-likeness (QED) is 0.707. The fourth-order valence-corrected chi connectivity index (χ4v) is 0.966. The third-order valence-electron chi connectivity index (χ3n) is 1.90. The van der Waals surface area contributed by atoms with Crippen molar-refractivity contribution in [3.05, 3.63) is 29.6 Å². The molecule has 1 atom stereocenters. The van der Waals surface area contributed by atoms with Gasteiger partial charge < -0.3 is 10.4 Å². The van der Waals surface area contributed by atoms with E-state index in [0.717, 1.165) is 5.56 Å². The number of phenolic OH excluding ortho intramolecular Hbond substituents is 1. The van der Waals surface area contributed by atoms with E-state index in [1.54, 1.807) is 6.07 Å². The molecule has 0 aliphatic carbocycles. The second-order valence-electron chi connectivity index (χ2n) is 2.72. The van der Waals surface area contributed by atoms with Gasteiger partial charge in [-0.1, -0.05) is 6.07 Å². The first-order valence-corrected chi connectivity index (χ1v) is 3.81. The van der Waals surface area contributed by atoms with Gasteiger partial charge in [0.15, 0.2) is 11.6 Å². The Morgan fingerprint density at radius 2 is 2.17 bits per heavy atom. The molecule has 0 aliphatic rings. The number of phenols is 1. The molecule has 3 heteroatoms. The summed E-state index contributed by atoms with van der Waals surface area (Å²) in [5.41, 5.74) is 0.872. The summed E-state index contributed by atoms with van der Waals surface area (Å²) in [6, 6.07) is 4.46. The highest BCUT2D eigenvalue weighted by atomic mass is 19.1. The first kappa shape index (κ1) is 9.00. The van der Waals surface area contributed by atoms with Crippen LogP contribution in [0.15, 0.2) is 18.2 Å². The number of rotatable bonds is 2. The van der Waals surface area contributed by atoms with Crippen molar-refractivity contribution >= 4 is 0 Å². The van der Waals surface area contributed by atoms with Crippen LogP contribution in [-0.4, -0.2) is 12.2 Å². The molecule has 0 saturated carbocycles. The zero-order valence-electron chi connectivity index (χ0n) is 7.13. The molecule has 0 unspecified atom stereocenters. The Morgan fingerprint density at radius 1 is 1.50 bits per heavy atom. The Hall–Kier alpha value is -1.09. The van der Waals surface area contributed by atoms with Crippen molar-refractivity contribution in [2.24, 2.45) is 0 Å². The van der Waals surface area contributed by atoms with Crippen molar-refractivity contribution in [3.63, 3.8) is 0 Å². The van der Waals surface area contributed by atoms with Crippen molar-refractivity contribution < 1.29 is 9.50 Å². The Morgan fingerprint density at radius 3 is 2.67 bits per heavy atom. The van der Waals surface area contributed by atoms with Crippen LogP contribution in [0.25, 0.3) is 0 Å². The minimum atomic E-state index is -0.581. The molecule has 0 radical (unpaired) electrons. The molecule has 2 N–H and O–H groups in total. The smallest absolute Gasteiger partial charge is 0.164 e. The molecule has 2 nitrogen and oxygen atoms in total. The van der Waals surface area contributed by atoms with Gasteiger partial charge in [-0.3, -0.25) is 0 Å². The van der Waals surface area contributed by atoms with Gasteiger partial charge in [-0.15, -0.1) is 0 Å². The minimum Gasteiger partial charge on any atom is -0.505 e. The van der Waals surface area contributed by atoms with E-state index < -0.39 is 5.82 Å². The number of halogens is 1. The highest BCUT2D eigenvalue weighted by molar-refractivity contribution is 5.30. The van der Waals surface area contributed by atoms with Crippen LogP contribution in [0, 0.1) is 5.82 Å². The van der Waals surface area contributed by atoms with Gasteiger partial charge >= 0.3 is 0 Å².